The first kappa shape index (κ1) is 32.8. The second-order valence-electron chi connectivity index (χ2n) is 9.61. The van der Waals surface area contributed by atoms with Gasteiger partial charge in [-0.1, -0.05) is 44.5 Å². The van der Waals surface area contributed by atoms with Crippen LogP contribution in [0, 0.1) is 11.8 Å². The molecule has 1 aromatic rings. The predicted octanol–water partition coefficient (Wildman–Crippen LogP) is 2.30. The number of carbonyl (C=O) groups is 4. The van der Waals surface area contributed by atoms with E-state index in [-0.39, 0.29) is 44.0 Å². The topological polar surface area (TPSA) is 176 Å². The van der Waals surface area contributed by atoms with Crippen molar-refractivity contribution < 1.29 is 34.1 Å². The molecule has 11 heteroatoms. The van der Waals surface area contributed by atoms with Crippen LogP contribution in [0.5, 0.6) is 0 Å². The summed E-state index contributed by atoms with van der Waals surface area (Å²) in [7, 11) is 0. The van der Waals surface area contributed by atoms with E-state index in [9.17, 15) is 24.3 Å². The molecule has 1 aromatic carbocycles. The van der Waals surface area contributed by atoms with Crippen LogP contribution in [0.3, 0.4) is 0 Å². The van der Waals surface area contributed by atoms with Crippen LogP contribution in [-0.4, -0.2) is 82.3 Å². The van der Waals surface area contributed by atoms with Crippen molar-refractivity contribution in [1.82, 2.24) is 9.80 Å². The smallest absolute Gasteiger partial charge is 0.326 e. The van der Waals surface area contributed by atoms with Gasteiger partial charge in [0.05, 0.1) is 12.5 Å². The molecule has 0 saturated carbocycles. The molecule has 6 N–H and O–H groups in total. The molecule has 0 fully saturated rings. The van der Waals surface area contributed by atoms with Crippen LogP contribution in [0.1, 0.15) is 58.1 Å². The van der Waals surface area contributed by atoms with Gasteiger partial charge in [-0.25, -0.2) is 9.59 Å². The average molecular weight is 537 g/mol. The summed E-state index contributed by atoms with van der Waals surface area (Å²) in [5.74, 6) is -2.74. The van der Waals surface area contributed by atoms with Crippen LogP contribution in [0.15, 0.2) is 24.3 Å². The number of amides is 2. The number of fused-ring (bicyclic) bond motifs is 1. The lowest BCUT2D eigenvalue weighted by molar-refractivity contribution is -0.150. The first-order chi connectivity index (χ1) is 18.0. The van der Waals surface area contributed by atoms with Crippen LogP contribution in [-0.2, 0) is 32.1 Å². The van der Waals surface area contributed by atoms with Crippen molar-refractivity contribution in [3.05, 3.63) is 35.4 Å². The van der Waals surface area contributed by atoms with E-state index in [0.29, 0.717) is 19.5 Å². The number of urea groups is 1. The molecule has 1 aliphatic rings. The number of nitrogens with two attached hydrogens (primary N) is 2. The molecule has 0 aromatic heterocycles. The number of aliphatic carboxylic acids is 2. The van der Waals surface area contributed by atoms with Crippen LogP contribution >= 0.6 is 0 Å². The van der Waals surface area contributed by atoms with E-state index in [1.165, 1.54) is 4.90 Å². The Hall–Kier alpha value is -3.18. The van der Waals surface area contributed by atoms with Crippen molar-refractivity contribution in [3.8, 4) is 0 Å². The zero-order chi connectivity index (χ0) is 28.8. The molecule has 0 radical (unpaired) electrons. The Morgan fingerprint density at radius 2 is 1.74 bits per heavy atom. The molecule has 214 valence electrons. The number of benzene rings is 1. The summed E-state index contributed by atoms with van der Waals surface area (Å²) in [4.78, 5) is 50.4. The molecule has 0 saturated heterocycles. The lowest BCUT2D eigenvalue weighted by Gasteiger charge is -2.38. The number of ether oxygens (including phenoxy) is 1. The molecule has 38 heavy (non-hydrogen) atoms. The van der Waals surface area contributed by atoms with Crippen molar-refractivity contribution in [3.63, 3.8) is 0 Å². The number of hydrogen-bond acceptors (Lipinski definition) is 7. The summed E-state index contributed by atoms with van der Waals surface area (Å²) in [5.41, 5.74) is 12.3. The van der Waals surface area contributed by atoms with E-state index in [2.05, 4.69) is 0 Å². The molecule has 1 heterocycles. The molecular formula is C27H44N4O7. The molecule has 1 aliphatic heterocycles. The van der Waals surface area contributed by atoms with Gasteiger partial charge in [-0.2, -0.15) is 0 Å². The first-order valence-corrected chi connectivity index (χ1v) is 13.2. The fraction of sp³-hybridized carbons (Fsp3) is 0.630. The van der Waals surface area contributed by atoms with Crippen molar-refractivity contribution in [1.29, 1.82) is 0 Å². The largest absolute Gasteiger partial charge is 0.480 e. The van der Waals surface area contributed by atoms with Crippen LogP contribution in [0.25, 0.3) is 0 Å². The third kappa shape index (κ3) is 9.94. The second-order valence-corrected chi connectivity index (χ2v) is 9.61. The maximum atomic E-state index is 13.2. The standard InChI is InChI=1S/C21H30N2O5.C6H14N2O2/c1-5-22(13-17(14(3)4)20(26)28-6-2)21(27)23-12-16-10-8-7-9-15(16)11-18(23)19(24)25;7-4-2-1-3-5(8)6(9)10/h7-10,14,17-18H,5-6,11-13H2,1-4H3,(H,24,25);5H,1-4,7-8H2,(H,9,10)/t17-,18-;5-/m00/s1. The van der Waals surface area contributed by atoms with Crippen LogP contribution in [0.4, 0.5) is 4.79 Å². The van der Waals surface area contributed by atoms with E-state index >= 15 is 0 Å². The highest BCUT2D eigenvalue weighted by atomic mass is 16.5. The van der Waals surface area contributed by atoms with Gasteiger partial charge in [0.2, 0.25) is 0 Å². The Balaban J connectivity index is 0.000000612. The summed E-state index contributed by atoms with van der Waals surface area (Å²) in [6, 6.07) is 5.58. The molecule has 0 aliphatic carbocycles. The number of hydrogen-bond donors (Lipinski definition) is 4. The number of unbranched alkanes of at least 4 members (excludes halogenated alkanes) is 1. The zero-order valence-corrected chi connectivity index (χ0v) is 23.0. The minimum atomic E-state index is -1.02. The minimum Gasteiger partial charge on any atom is -0.480 e. The molecule has 0 spiro atoms. The summed E-state index contributed by atoms with van der Waals surface area (Å²) < 4.78 is 5.16. The lowest BCUT2D eigenvalue weighted by Crippen LogP contribution is -2.54. The van der Waals surface area contributed by atoms with Gasteiger partial charge < -0.3 is 36.2 Å². The minimum absolute atomic E-state index is 0.00162. The summed E-state index contributed by atoms with van der Waals surface area (Å²) in [6.45, 7) is 9.12. The number of carboxylic acids is 2. The Bertz CT molecular complexity index is 924. The van der Waals surface area contributed by atoms with Crippen molar-refractivity contribution in [2.45, 2.75) is 72.0 Å². The number of nitrogens with zero attached hydrogens (tertiary/aromatic N) is 2. The van der Waals surface area contributed by atoms with Gasteiger partial charge in [-0.05, 0) is 50.3 Å². The van der Waals surface area contributed by atoms with Gasteiger partial charge in [-0.15, -0.1) is 0 Å². The Labute approximate surface area is 225 Å². The second kappa shape index (κ2) is 16.6. The van der Waals surface area contributed by atoms with Gasteiger partial charge in [0, 0.05) is 26.1 Å². The highest BCUT2D eigenvalue weighted by Crippen LogP contribution is 2.25. The summed E-state index contributed by atoms with van der Waals surface area (Å²) in [5, 5.41) is 18.0. The quantitative estimate of drug-likeness (QED) is 0.230. The third-order valence-electron chi connectivity index (χ3n) is 6.53. The normalized spacial score (nSPS) is 16.0. The van der Waals surface area contributed by atoms with E-state index in [4.69, 9.17) is 21.3 Å². The lowest BCUT2D eigenvalue weighted by atomic mass is 9.93. The number of esters is 1. The fourth-order valence-corrected chi connectivity index (χ4v) is 4.15. The van der Waals surface area contributed by atoms with Gasteiger partial charge in [0.1, 0.15) is 12.1 Å². The van der Waals surface area contributed by atoms with Crippen molar-refractivity contribution in [2.75, 3.05) is 26.2 Å². The number of rotatable bonds is 12. The molecular weight excluding hydrogens is 492 g/mol. The van der Waals surface area contributed by atoms with E-state index in [1.807, 2.05) is 45.0 Å². The average Bonchev–Trinajstić information content (AvgIpc) is 2.88. The van der Waals surface area contributed by atoms with Gasteiger partial charge in [0.25, 0.3) is 0 Å². The van der Waals surface area contributed by atoms with Crippen LogP contribution < -0.4 is 11.5 Å². The third-order valence-corrected chi connectivity index (χ3v) is 6.53. The van der Waals surface area contributed by atoms with Gasteiger partial charge in [0.15, 0.2) is 0 Å². The molecule has 0 bridgehead atoms. The zero-order valence-electron chi connectivity index (χ0n) is 23.0. The van der Waals surface area contributed by atoms with E-state index < -0.39 is 29.9 Å². The maximum absolute atomic E-state index is 13.2. The molecule has 11 nitrogen and oxygen atoms in total. The fourth-order valence-electron chi connectivity index (χ4n) is 4.15. The van der Waals surface area contributed by atoms with E-state index in [0.717, 1.165) is 24.0 Å². The van der Waals surface area contributed by atoms with Gasteiger partial charge >= 0.3 is 23.9 Å². The molecule has 3 atom stereocenters. The van der Waals surface area contributed by atoms with Crippen molar-refractivity contribution in [2.24, 2.45) is 23.3 Å². The Kier molecular flexibility index (Phi) is 14.4. The molecule has 2 rings (SSSR count). The van der Waals surface area contributed by atoms with Crippen LogP contribution in [0.2, 0.25) is 0 Å². The van der Waals surface area contributed by atoms with Crippen molar-refractivity contribution >= 4 is 23.9 Å². The highest BCUT2D eigenvalue weighted by Gasteiger charge is 2.37. The SMILES string of the molecule is CCOC(=O)[C@@H](CN(CC)C(=O)N1Cc2ccccc2C[C@H]1C(=O)O)C(C)C.NCCCC[C@H](N)C(=O)O. The first-order valence-electron chi connectivity index (χ1n) is 13.2. The summed E-state index contributed by atoms with van der Waals surface area (Å²) >= 11 is 0. The Morgan fingerprint density at radius 3 is 2.24 bits per heavy atom. The maximum Gasteiger partial charge on any atom is 0.326 e. The predicted molar refractivity (Wildman–Crippen MR) is 143 cm³/mol. The summed E-state index contributed by atoms with van der Waals surface area (Å²) in [6.07, 6.45) is 2.44. The van der Waals surface area contributed by atoms with E-state index in [1.54, 1.807) is 11.8 Å². The molecule has 0 unspecified atom stereocenters. The van der Waals surface area contributed by atoms with Gasteiger partial charge in [-0.3, -0.25) is 9.59 Å². The number of carboxylic acid groups (broad SMARTS) is 2. The monoisotopic (exact) mass is 536 g/mol. The molecule has 2 amide bonds. The number of carbonyl (C=O) groups excluding carboxylic acids is 2. The Morgan fingerprint density at radius 1 is 1.11 bits per heavy atom. The highest BCUT2D eigenvalue weighted by molar-refractivity contribution is 5.84.